The van der Waals surface area contributed by atoms with E-state index in [-0.39, 0.29) is 5.63 Å². The van der Waals surface area contributed by atoms with Crippen molar-refractivity contribution in [1.29, 1.82) is 0 Å². The molecule has 0 saturated heterocycles. The van der Waals surface area contributed by atoms with Gasteiger partial charge in [0.1, 0.15) is 5.76 Å². The molecule has 1 heterocycles. The average Bonchev–Trinajstić information content (AvgIpc) is 2.28. The Morgan fingerprint density at radius 2 is 1.94 bits per heavy atom. The minimum Gasteiger partial charge on any atom is -0.427 e. The minimum absolute atomic E-state index is 0.206. The Balaban J connectivity index is 2.98. The zero-order valence-corrected chi connectivity index (χ0v) is 9.96. The van der Waals surface area contributed by atoms with Gasteiger partial charge >= 0.3 is 5.63 Å². The second kappa shape index (κ2) is 4.12. The predicted octanol–water partition coefficient (Wildman–Crippen LogP) is 3.23. The number of rotatable bonds is 2. The van der Waals surface area contributed by atoms with E-state index in [0.717, 1.165) is 34.9 Å². The molecule has 0 saturated carbocycles. The van der Waals surface area contributed by atoms with Crippen molar-refractivity contribution in [2.24, 2.45) is 0 Å². The normalized spacial score (nSPS) is 10.9. The molecule has 0 atom stereocenters. The van der Waals surface area contributed by atoms with E-state index in [4.69, 9.17) is 4.42 Å². The van der Waals surface area contributed by atoms with Crippen LogP contribution in [0.5, 0.6) is 0 Å². The van der Waals surface area contributed by atoms with Gasteiger partial charge in [-0.2, -0.15) is 0 Å². The zero-order valence-electron chi connectivity index (χ0n) is 9.96. The fraction of sp³-hybridized carbons (Fsp3) is 0.357. The van der Waals surface area contributed by atoms with Gasteiger partial charge in [-0.15, -0.1) is 0 Å². The molecule has 2 rings (SSSR count). The maximum absolute atomic E-state index is 11.9. The van der Waals surface area contributed by atoms with E-state index in [9.17, 15) is 4.79 Å². The number of fused-ring (bicyclic) bond motifs is 1. The zero-order chi connectivity index (χ0) is 11.7. The van der Waals surface area contributed by atoms with Crippen LogP contribution in [0, 0.1) is 6.92 Å². The summed E-state index contributed by atoms with van der Waals surface area (Å²) in [6.45, 7) is 6.06. The lowest BCUT2D eigenvalue weighted by Gasteiger charge is -2.09. The van der Waals surface area contributed by atoms with Gasteiger partial charge in [0.25, 0.3) is 0 Å². The van der Waals surface area contributed by atoms with Gasteiger partial charge in [0.2, 0.25) is 0 Å². The summed E-state index contributed by atoms with van der Waals surface area (Å²) in [6, 6.07) is 5.96. The summed E-state index contributed by atoms with van der Waals surface area (Å²) in [5.74, 6) is 0.825. The Hall–Kier alpha value is -1.57. The van der Waals surface area contributed by atoms with Crippen molar-refractivity contribution in [2.75, 3.05) is 0 Å². The molecular formula is C14H16O2. The van der Waals surface area contributed by atoms with Crippen molar-refractivity contribution in [3.05, 3.63) is 45.5 Å². The molecule has 0 fully saturated rings. The summed E-state index contributed by atoms with van der Waals surface area (Å²) in [4.78, 5) is 11.9. The molecule has 0 aliphatic carbocycles. The summed E-state index contributed by atoms with van der Waals surface area (Å²) in [5, 5.41) is 1.78. The topological polar surface area (TPSA) is 30.2 Å². The molecule has 16 heavy (non-hydrogen) atoms. The minimum atomic E-state index is -0.206. The maximum atomic E-state index is 11.9. The molecule has 1 aromatic heterocycles. The molecule has 0 unspecified atom stereocenters. The van der Waals surface area contributed by atoms with Crippen molar-refractivity contribution < 1.29 is 4.42 Å². The molecule has 84 valence electrons. The lowest BCUT2D eigenvalue weighted by atomic mass is 10.00. The molecule has 0 spiro atoms. The standard InChI is InChI=1S/C14H16O2/c1-4-10-11-8-6-7-9(3)13(11)14(15)16-12(10)5-2/h6-8H,4-5H2,1-3H3. The van der Waals surface area contributed by atoms with Gasteiger partial charge in [0.05, 0.1) is 5.39 Å². The Labute approximate surface area is 94.9 Å². The van der Waals surface area contributed by atoms with E-state index < -0.39 is 0 Å². The summed E-state index contributed by atoms with van der Waals surface area (Å²) in [6.07, 6.45) is 1.66. The highest BCUT2D eigenvalue weighted by molar-refractivity contribution is 5.87. The number of benzene rings is 1. The molecule has 0 bridgehead atoms. The van der Waals surface area contributed by atoms with Gasteiger partial charge in [0, 0.05) is 6.42 Å². The van der Waals surface area contributed by atoms with Crippen LogP contribution < -0.4 is 5.63 Å². The summed E-state index contributed by atoms with van der Waals surface area (Å²) < 4.78 is 5.39. The molecule has 0 N–H and O–H groups in total. The third kappa shape index (κ3) is 1.54. The van der Waals surface area contributed by atoms with Gasteiger partial charge < -0.3 is 4.42 Å². The second-order valence-corrected chi connectivity index (χ2v) is 4.00. The van der Waals surface area contributed by atoms with Crippen molar-refractivity contribution in [2.45, 2.75) is 33.6 Å². The molecule has 0 aliphatic rings. The highest BCUT2D eigenvalue weighted by Crippen LogP contribution is 2.22. The fourth-order valence-electron chi connectivity index (χ4n) is 2.24. The van der Waals surface area contributed by atoms with Crippen LogP contribution in [0.4, 0.5) is 0 Å². The van der Waals surface area contributed by atoms with E-state index in [1.54, 1.807) is 0 Å². The van der Waals surface area contributed by atoms with Crippen LogP contribution in [0.1, 0.15) is 30.7 Å². The van der Waals surface area contributed by atoms with E-state index in [0.29, 0.717) is 0 Å². The van der Waals surface area contributed by atoms with Crippen LogP contribution in [0.25, 0.3) is 10.8 Å². The second-order valence-electron chi connectivity index (χ2n) is 4.00. The lowest BCUT2D eigenvalue weighted by Crippen LogP contribution is -2.07. The predicted molar refractivity (Wildman–Crippen MR) is 66.0 cm³/mol. The van der Waals surface area contributed by atoms with Crippen molar-refractivity contribution in [1.82, 2.24) is 0 Å². The summed E-state index contributed by atoms with van der Waals surface area (Å²) >= 11 is 0. The third-order valence-electron chi connectivity index (χ3n) is 3.03. The molecule has 0 amide bonds. The largest absolute Gasteiger partial charge is 0.427 e. The molecule has 0 aliphatic heterocycles. The van der Waals surface area contributed by atoms with Crippen LogP contribution in [0.15, 0.2) is 27.4 Å². The van der Waals surface area contributed by atoms with Crippen molar-refractivity contribution >= 4 is 10.8 Å². The van der Waals surface area contributed by atoms with Crippen LogP contribution in [-0.4, -0.2) is 0 Å². The SMILES string of the molecule is CCc1oc(=O)c2c(C)cccc2c1CC. The first-order valence-electron chi connectivity index (χ1n) is 5.73. The van der Waals surface area contributed by atoms with Gasteiger partial charge in [-0.05, 0) is 29.9 Å². The molecule has 2 aromatic rings. The first-order valence-corrected chi connectivity index (χ1v) is 5.73. The van der Waals surface area contributed by atoms with E-state index >= 15 is 0 Å². The van der Waals surface area contributed by atoms with Crippen LogP contribution in [0.3, 0.4) is 0 Å². The van der Waals surface area contributed by atoms with Gasteiger partial charge in [0.15, 0.2) is 0 Å². The maximum Gasteiger partial charge on any atom is 0.344 e. The summed E-state index contributed by atoms with van der Waals surface area (Å²) in [5.41, 5.74) is 1.95. The fourth-order valence-corrected chi connectivity index (χ4v) is 2.24. The molecule has 1 aromatic carbocycles. The Morgan fingerprint density at radius 1 is 1.19 bits per heavy atom. The van der Waals surface area contributed by atoms with Crippen LogP contribution in [-0.2, 0) is 12.8 Å². The number of hydrogen-bond acceptors (Lipinski definition) is 2. The van der Waals surface area contributed by atoms with Gasteiger partial charge in [-0.3, -0.25) is 0 Å². The molecule has 2 heteroatoms. The van der Waals surface area contributed by atoms with E-state index in [2.05, 4.69) is 6.92 Å². The third-order valence-corrected chi connectivity index (χ3v) is 3.03. The van der Waals surface area contributed by atoms with E-state index in [1.807, 2.05) is 32.0 Å². The number of aryl methyl sites for hydroxylation is 3. The monoisotopic (exact) mass is 216 g/mol. The first-order chi connectivity index (χ1) is 7.69. The van der Waals surface area contributed by atoms with Gasteiger partial charge in [-0.25, -0.2) is 4.79 Å². The molecular weight excluding hydrogens is 200 g/mol. The first kappa shape index (κ1) is 10.9. The van der Waals surface area contributed by atoms with Crippen LogP contribution >= 0.6 is 0 Å². The smallest absolute Gasteiger partial charge is 0.344 e. The van der Waals surface area contributed by atoms with Gasteiger partial charge in [-0.1, -0.05) is 32.0 Å². The highest BCUT2D eigenvalue weighted by atomic mass is 16.4. The average molecular weight is 216 g/mol. The quantitative estimate of drug-likeness (QED) is 0.771. The Morgan fingerprint density at radius 3 is 2.56 bits per heavy atom. The Kier molecular flexibility index (Phi) is 2.82. The van der Waals surface area contributed by atoms with E-state index in [1.165, 1.54) is 5.56 Å². The van der Waals surface area contributed by atoms with Crippen molar-refractivity contribution in [3.63, 3.8) is 0 Å². The molecule has 2 nitrogen and oxygen atoms in total. The lowest BCUT2D eigenvalue weighted by molar-refractivity contribution is 0.465. The highest BCUT2D eigenvalue weighted by Gasteiger charge is 2.12. The summed E-state index contributed by atoms with van der Waals surface area (Å²) in [7, 11) is 0. The van der Waals surface area contributed by atoms with Crippen molar-refractivity contribution in [3.8, 4) is 0 Å². The Bertz CT molecular complexity index is 579. The molecule has 0 radical (unpaired) electrons. The van der Waals surface area contributed by atoms with Crippen LogP contribution in [0.2, 0.25) is 0 Å². The number of hydrogen-bond donors (Lipinski definition) is 0.